The summed E-state index contributed by atoms with van der Waals surface area (Å²) in [5, 5.41) is 1.40. The Morgan fingerprint density at radius 3 is 2.21 bits per heavy atom. The van der Waals surface area contributed by atoms with E-state index in [0.29, 0.717) is 0 Å². The number of aryl methyl sites for hydroxylation is 4. The van der Waals surface area contributed by atoms with E-state index < -0.39 is 0 Å². The van der Waals surface area contributed by atoms with Gasteiger partial charge in [-0.25, -0.2) is 0 Å². The fourth-order valence-electron chi connectivity index (χ4n) is 2.15. The molecule has 1 aromatic heterocycles. The molecule has 0 aliphatic carbocycles. The minimum atomic E-state index is 1.37. The molecule has 74 valence electrons. The molecule has 0 N–H and O–H groups in total. The number of aromatic nitrogens is 1. The van der Waals surface area contributed by atoms with Crippen molar-refractivity contribution in [1.82, 2.24) is 4.57 Å². The van der Waals surface area contributed by atoms with Gasteiger partial charge < -0.3 is 4.57 Å². The van der Waals surface area contributed by atoms with E-state index in [1.54, 1.807) is 0 Å². The summed E-state index contributed by atoms with van der Waals surface area (Å²) < 4.78 is 2.30. The number of rotatable bonds is 0. The number of benzene rings is 1. The third-order valence-corrected chi connectivity index (χ3v) is 3.49. The number of fused-ring (bicyclic) bond motifs is 1. The van der Waals surface area contributed by atoms with Crippen LogP contribution in [0.25, 0.3) is 10.9 Å². The normalized spacial score (nSPS) is 11.2. The van der Waals surface area contributed by atoms with Crippen LogP contribution in [0.2, 0.25) is 0 Å². The molecule has 0 saturated carbocycles. The number of hydrogen-bond donors (Lipinski definition) is 0. The third-order valence-electron chi connectivity index (χ3n) is 3.49. The molecule has 0 saturated heterocycles. The van der Waals surface area contributed by atoms with Crippen LogP contribution in [0.5, 0.6) is 0 Å². The van der Waals surface area contributed by atoms with Crippen LogP contribution in [0, 0.1) is 27.7 Å². The maximum absolute atomic E-state index is 2.30. The predicted octanol–water partition coefficient (Wildman–Crippen LogP) is 3.41. The van der Waals surface area contributed by atoms with Crippen LogP contribution in [0.4, 0.5) is 0 Å². The molecule has 0 amide bonds. The van der Waals surface area contributed by atoms with Gasteiger partial charge in [0.2, 0.25) is 0 Å². The van der Waals surface area contributed by atoms with E-state index in [-0.39, 0.29) is 0 Å². The molecule has 0 radical (unpaired) electrons. The van der Waals surface area contributed by atoms with Crippen molar-refractivity contribution in [2.45, 2.75) is 27.7 Å². The fourth-order valence-corrected chi connectivity index (χ4v) is 2.15. The quantitative estimate of drug-likeness (QED) is 0.595. The second kappa shape index (κ2) is 2.88. The second-order valence-corrected chi connectivity index (χ2v) is 4.17. The molecule has 2 rings (SSSR count). The Balaban J connectivity index is 3.03. The summed E-state index contributed by atoms with van der Waals surface area (Å²) in [6.45, 7) is 8.76. The van der Waals surface area contributed by atoms with Gasteiger partial charge in [-0.15, -0.1) is 0 Å². The SMILES string of the molecule is Cc1ccc2c(C)c(C)n(C)c2c1C. The monoisotopic (exact) mass is 187 g/mol. The summed E-state index contributed by atoms with van der Waals surface area (Å²) in [5.41, 5.74) is 6.94. The van der Waals surface area contributed by atoms with Crippen molar-refractivity contribution in [1.29, 1.82) is 0 Å². The van der Waals surface area contributed by atoms with Crippen molar-refractivity contribution < 1.29 is 0 Å². The van der Waals surface area contributed by atoms with Gasteiger partial charge in [-0.2, -0.15) is 0 Å². The second-order valence-electron chi connectivity index (χ2n) is 4.17. The van der Waals surface area contributed by atoms with Crippen LogP contribution in [-0.4, -0.2) is 4.57 Å². The van der Waals surface area contributed by atoms with Crippen LogP contribution in [-0.2, 0) is 7.05 Å². The van der Waals surface area contributed by atoms with Crippen molar-refractivity contribution in [2.75, 3.05) is 0 Å². The standard InChI is InChI=1S/C13H17N/c1-8-6-7-12-10(3)11(4)14(5)13(12)9(8)2/h6-7H,1-5H3. The van der Waals surface area contributed by atoms with Crippen LogP contribution in [0.1, 0.15) is 22.4 Å². The molecule has 1 heteroatoms. The Labute approximate surface area is 85.4 Å². The summed E-state index contributed by atoms with van der Waals surface area (Å²) in [7, 11) is 2.15. The van der Waals surface area contributed by atoms with Crippen LogP contribution < -0.4 is 0 Å². The van der Waals surface area contributed by atoms with E-state index >= 15 is 0 Å². The Bertz CT molecular complexity index is 504. The van der Waals surface area contributed by atoms with Crippen LogP contribution in [0.15, 0.2) is 12.1 Å². The molecule has 0 spiro atoms. The van der Waals surface area contributed by atoms with E-state index in [4.69, 9.17) is 0 Å². The Kier molecular flexibility index (Phi) is 1.91. The largest absolute Gasteiger partial charge is 0.347 e. The topological polar surface area (TPSA) is 4.93 Å². The lowest BCUT2D eigenvalue weighted by atomic mass is 10.0. The first-order valence-electron chi connectivity index (χ1n) is 5.06. The molecular formula is C13H17N. The van der Waals surface area contributed by atoms with E-state index in [2.05, 4.69) is 51.4 Å². The summed E-state index contributed by atoms with van der Waals surface area (Å²) in [4.78, 5) is 0. The molecule has 1 nitrogen and oxygen atoms in total. The van der Waals surface area contributed by atoms with E-state index in [1.807, 2.05) is 0 Å². The zero-order valence-electron chi connectivity index (χ0n) is 9.60. The first kappa shape index (κ1) is 9.32. The van der Waals surface area contributed by atoms with Gasteiger partial charge in [0.1, 0.15) is 0 Å². The Hall–Kier alpha value is -1.24. The average Bonchev–Trinajstić information content (AvgIpc) is 2.38. The highest BCUT2D eigenvalue weighted by Gasteiger charge is 2.10. The first-order valence-corrected chi connectivity index (χ1v) is 5.06. The molecule has 0 aliphatic rings. The van der Waals surface area contributed by atoms with Crippen molar-refractivity contribution in [3.8, 4) is 0 Å². The highest BCUT2D eigenvalue weighted by atomic mass is 14.9. The molecule has 14 heavy (non-hydrogen) atoms. The van der Waals surface area contributed by atoms with Crippen LogP contribution in [0.3, 0.4) is 0 Å². The van der Waals surface area contributed by atoms with Crippen molar-refractivity contribution in [3.63, 3.8) is 0 Å². The molecule has 0 atom stereocenters. The lowest BCUT2D eigenvalue weighted by Gasteiger charge is -2.05. The fraction of sp³-hybridized carbons (Fsp3) is 0.385. The van der Waals surface area contributed by atoms with Crippen molar-refractivity contribution in [2.24, 2.45) is 7.05 Å². The molecule has 0 fully saturated rings. The van der Waals surface area contributed by atoms with E-state index in [9.17, 15) is 0 Å². The first-order chi connectivity index (χ1) is 6.54. The highest BCUT2D eigenvalue weighted by Crippen LogP contribution is 2.28. The average molecular weight is 187 g/mol. The van der Waals surface area contributed by atoms with Crippen molar-refractivity contribution in [3.05, 3.63) is 34.5 Å². The van der Waals surface area contributed by atoms with Gasteiger partial charge in [0.05, 0.1) is 5.52 Å². The summed E-state index contributed by atoms with van der Waals surface area (Å²) in [6, 6.07) is 4.45. The number of hydrogen-bond acceptors (Lipinski definition) is 0. The highest BCUT2D eigenvalue weighted by molar-refractivity contribution is 5.88. The maximum atomic E-state index is 2.30. The van der Waals surface area contributed by atoms with E-state index in [0.717, 1.165) is 0 Å². The molecule has 1 aromatic carbocycles. The van der Waals surface area contributed by atoms with Crippen molar-refractivity contribution >= 4 is 10.9 Å². The van der Waals surface area contributed by atoms with Gasteiger partial charge in [0.15, 0.2) is 0 Å². The van der Waals surface area contributed by atoms with Gasteiger partial charge in [-0.3, -0.25) is 0 Å². The predicted molar refractivity (Wildman–Crippen MR) is 61.9 cm³/mol. The van der Waals surface area contributed by atoms with Gasteiger partial charge in [-0.05, 0) is 44.4 Å². The maximum Gasteiger partial charge on any atom is 0.0514 e. The summed E-state index contributed by atoms with van der Waals surface area (Å²) in [6.07, 6.45) is 0. The zero-order valence-corrected chi connectivity index (χ0v) is 9.60. The molecule has 2 aromatic rings. The molecule has 0 aliphatic heterocycles. The molecule has 0 unspecified atom stereocenters. The van der Waals surface area contributed by atoms with E-state index in [1.165, 1.54) is 33.3 Å². The molecule has 0 bridgehead atoms. The lowest BCUT2D eigenvalue weighted by molar-refractivity contribution is 0.906. The Morgan fingerprint density at radius 2 is 1.57 bits per heavy atom. The van der Waals surface area contributed by atoms with Gasteiger partial charge in [0, 0.05) is 18.1 Å². The lowest BCUT2D eigenvalue weighted by Crippen LogP contribution is -1.93. The number of nitrogens with zero attached hydrogens (tertiary/aromatic N) is 1. The third kappa shape index (κ3) is 1.02. The zero-order chi connectivity index (χ0) is 10.5. The summed E-state index contributed by atoms with van der Waals surface area (Å²) >= 11 is 0. The molecule has 1 heterocycles. The summed E-state index contributed by atoms with van der Waals surface area (Å²) in [5.74, 6) is 0. The Morgan fingerprint density at radius 1 is 0.929 bits per heavy atom. The minimum Gasteiger partial charge on any atom is -0.347 e. The smallest absolute Gasteiger partial charge is 0.0514 e. The minimum absolute atomic E-state index is 1.37. The van der Waals surface area contributed by atoms with Gasteiger partial charge >= 0.3 is 0 Å². The van der Waals surface area contributed by atoms with Gasteiger partial charge in [-0.1, -0.05) is 12.1 Å². The molecular weight excluding hydrogens is 170 g/mol. The van der Waals surface area contributed by atoms with Crippen LogP contribution >= 0.6 is 0 Å². The van der Waals surface area contributed by atoms with Gasteiger partial charge in [0.25, 0.3) is 0 Å².